The maximum atomic E-state index is 14.4. The van der Waals surface area contributed by atoms with Crippen LogP contribution in [0.1, 0.15) is 93.0 Å². The number of methoxy groups -OCH3 is 2. The van der Waals surface area contributed by atoms with Gasteiger partial charge in [-0.05, 0) is 74.4 Å². The summed E-state index contributed by atoms with van der Waals surface area (Å²) in [6.45, 7) is 12.0. The van der Waals surface area contributed by atoms with Gasteiger partial charge in [0, 0.05) is 55.8 Å². The number of aliphatic hydroxyl groups is 1. The number of aliphatic imine (C=N–C) groups is 1. The Morgan fingerprint density at radius 2 is 1.37 bits per heavy atom. The molecular formula is C63H81IN8O17. The molecule has 0 aromatic heterocycles. The highest BCUT2D eigenvalue weighted by Gasteiger charge is 2.45. The van der Waals surface area contributed by atoms with Crippen LogP contribution in [-0.4, -0.2) is 184 Å². The van der Waals surface area contributed by atoms with Gasteiger partial charge in [0.25, 0.3) is 11.8 Å². The van der Waals surface area contributed by atoms with Crippen LogP contribution in [0, 0.1) is 5.92 Å². The molecule has 4 aliphatic rings. The van der Waals surface area contributed by atoms with Gasteiger partial charge in [-0.2, -0.15) is 0 Å². The third-order valence-corrected chi connectivity index (χ3v) is 15.4. The van der Waals surface area contributed by atoms with E-state index in [4.69, 9.17) is 42.6 Å². The van der Waals surface area contributed by atoms with Crippen molar-refractivity contribution < 1.29 is 81.3 Å². The smallest absolute Gasteiger partial charge is 0.416 e. The topological polar surface area (TPSA) is 293 Å². The van der Waals surface area contributed by atoms with E-state index in [1.165, 1.54) is 43.7 Å². The second kappa shape index (κ2) is 34.4. The Morgan fingerprint density at radius 1 is 0.742 bits per heavy atom. The molecule has 7 amide bonds. The van der Waals surface area contributed by atoms with Crippen molar-refractivity contribution in [3.05, 3.63) is 101 Å². The largest absolute Gasteiger partial charge is 0.493 e. The number of halogens is 1. The molecule has 7 rings (SSSR count). The van der Waals surface area contributed by atoms with Crippen LogP contribution < -0.4 is 45.1 Å². The highest BCUT2D eigenvalue weighted by Crippen LogP contribution is 2.43. The van der Waals surface area contributed by atoms with Gasteiger partial charge < -0.3 is 78.8 Å². The summed E-state index contributed by atoms with van der Waals surface area (Å²) >= 11 is 1.99. The monoisotopic (exact) mass is 1350 g/mol. The molecule has 0 radical (unpaired) electrons. The molecule has 0 aliphatic carbocycles. The molecule has 25 nitrogen and oxygen atoms in total. The number of ether oxygens (including phenoxy) is 9. The summed E-state index contributed by atoms with van der Waals surface area (Å²) in [7, 11) is 2.92. The normalized spacial score (nSPS) is 17.3. The number of hydrogen-bond donors (Lipinski definition) is 5. The molecule has 4 aliphatic heterocycles. The van der Waals surface area contributed by atoms with Gasteiger partial charge in [0.1, 0.15) is 18.7 Å². The van der Waals surface area contributed by atoms with Crippen LogP contribution in [0.15, 0.2) is 89.2 Å². The molecule has 5 atom stereocenters. The molecular weight excluding hydrogens is 1270 g/mol. The van der Waals surface area contributed by atoms with Crippen molar-refractivity contribution in [3.63, 3.8) is 0 Å². The van der Waals surface area contributed by atoms with Gasteiger partial charge in [0.05, 0.1) is 119 Å². The summed E-state index contributed by atoms with van der Waals surface area (Å²) in [6, 6.07) is 9.73. The minimum absolute atomic E-state index is 0.00183. The van der Waals surface area contributed by atoms with E-state index in [-0.39, 0.29) is 92.4 Å². The minimum Gasteiger partial charge on any atom is -0.493 e. The summed E-state index contributed by atoms with van der Waals surface area (Å²) in [4.78, 5) is 102. The van der Waals surface area contributed by atoms with E-state index in [0.29, 0.717) is 91.0 Å². The molecule has 0 saturated carbocycles. The van der Waals surface area contributed by atoms with E-state index in [9.17, 15) is 38.7 Å². The SMILES string of the molecule is C/C=C/C1=CN2C(=O)c3cc(OC)c(OCCCOc4cc5c(cc4OC)C(=O)N4C=C(CC)C[C@H]4C=N5)cc3N(C(=O)OCc3ccc(NC(=O)[C@H](C)NC(=O)[C@@H](NC(=O)CCOCCOCCOCCOCCNC(=O)CI)C(C)C)cc3)[C@@H](O)[C@@H]2C1. The van der Waals surface area contributed by atoms with Crippen molar-refractivity contribution in [1.29, 1.82) is 0 Å². The number of nitrogens with zero attached hydrogens (tertiary/aromatic N) is 4. The third kappa shape index (κ3) is 19.0. The number of allylic oxidation sites excluding steroid dienone is 2. The fourth-order valence-corrected chi connectivity index (χ4v) is 10.2. The zero-order chi connectivity index (χ0) is 64.0. The van der Waals surface area contributed by atoms with E-state index in [1.54, 1.807) is 67.6 Å². The minimum atomic E-state index is -1.57. The Morgan fingerprint density at radius 3 is 2.00 bits per heavy atom. The fraction of sp³-hybridized carbons (Fsp3) is 0.492. The standard InChI is InChI=1S/C63H81IN8O17/c1-8-11-43-29-50-62(79)72(49-33-54(52(82-7)31-47(49)61(78)71(50)37-43)88-19-10-18-87-53-32-48-46(30-51(53)81-6)60(77)70-36-41(9-2)28-45(70)35-66-48)63(80)89-38-42-12-14-44(15-13-42)68-58(75)40(5)67-59(76)57(39(3)4)69-55(73)16-20-83-22-24-85-26-27-86-25-23-84-21-17-65-56(74)34-64/h8,11-15,30-33,35-37,39-40,45,50,57,62,79H,9-10,16-29,34,38H2,1-7H3,(H,65,74)(H,67,76)(H,68,75)(H,69,73)/b11-8+/t40-,45-,50-,57-,62-/m0/s1. The van der Waals surface area contributed by atoms with E-state index in [0.717, 1.165) is 23.3 Å². The molecule has 4 heterocycles. The molecule has 5 N–H and O–H groups in total. The van der Waals surface area contributed by atoms with Crippen molar-refractivity contribution in [3.8, 4) is 23.0 Å². The number of anilines is 2. The highest BCUT2D eigenvalue weighted by molar-refractivity contribution is 14.1. The molecule has 3 aromatic carbocycles. The molecule has 89 heavy (non-hydrogen) atoms. The van der Waals surface area contributed by atoms with Crippen LogP contribution in [0.2, 0.25) is 0 Å². The van der Waals surface area contributed by atoms with E-state index in [1.807, 2.05) is 47.9 Å². The first kappa shape index (κ1) is 68.9. The number of alkyl halides is 1. The van der Waals surface area contributed by atoms with Gasteiger partial charge in [-0.1, -0.05) is 73.2 Å². The molecule has 0 spiro atoms. The van der Waals surface area contributed by atoms with Gasteiger partial charge in [0.15, 0.2) is 29.2 Å². The summed E-state index contributed by atoms with van der Waals surface area (Å²) in [5.74, 6) is -1.35. The molecule has 0 bridgehead atoms. The number of carbonyl (C=O) groups is 7. The third-order valence-electron chi connectivity index (χ3n) is 14.7. The lowest BCUT2D eigenvalue weighted by molar-refractivity contribution is -0.132. The van der Waals surface area contributed by atoms with Gasteiger partial charge in [0.2, 0.25) is 23.6 Å². The summed E-state index contributed by atoms with van der Waals surface area (Å²) in [5.41, 5.74) is 3.78. The second-order valence-corrected chi connectivity index (χ2v) is 22.2. The number of nitrogens with one attached hydrogen (secondary N) is 4. The van der Waals surface area contributed by atoms with Crippen molar-refractivity contribution in [2.75, 3.05) is 101 Å². The van der Waals surface area contributed by atoms with Gasteiger partial charge in [-0.3, -0.25) is 33.8 Å². The summed E-state index contributed by atoms with van der Waals surface area (Å²) < 4.78 is 51.8. The number of benzene rings is 3. The first-order valence-corrected chi connectivity index (χ1v) is 31.2. The second-order valence-electron chi connectivity index (χ2n) is 21.4. The number of amides is 7. The lowest BCUT2D eigenvalue weighted by Crippen LogP contribution is -2.53. The Labute approximate surface area is 531 Å². The van der Waals surface area contributed by atoms with Gasteiger partial charge >= 0.3 is 6.09 Å². The van der Waals surface area contributed by atoms with E-state index in [2.05, 4.69) is 33.2 Å². The Hall–Kier alpha value is -7.63. The predicted octanol–water partition coefficient (Wildman–Crippen LogP) is 6.52. The van der Waals surface area contributed by atoms with E-state index >= 15 is 0 Å². The number of hydrogen-bond acceptors (Lipinski definition) is 18. The first-order valence-electron chi connectivity index (χ1n) is 29.7. The Balaban J connectivity index is 0.886. The molecule has 0 unspecified atom stereocenters. The number of rotatable bonds is 34. The molecule has 0 saturated heterocycles. The maximum absolute atomic E-state index is 14.4. The number of carbonyl (C=O) groups excluding carboxylic acids is 7. The van der Waals surface area contributed by atoms with Crippen LogP contribution in [0.25, 0.3) is 0 Å². The van der Waals surface area contributed by atoms with Crippen LogP contribution in [0.4, 0.5) is 21.9 Å². The fourth-order valence-electron chi connectivity index (χ4n) is 9.95. The average Bonchev–Trinajstić information content (AvgIpc) is 2.43. The van der Waals surface area contributed by atoms with Crippen molar-refractivity contribution in [2.24, 2.45) is 10.9 Å². The molecule has 26 heteroatoms. The highest BCUT2D eigenvalue weighted by atomic mass is 127. The van der Waals surface area contributed by atoms with Crippen LogP contribution in [0.5, 0.6) is 23.0 Å². The van der Waals surface area contributed by atoms with Crippen molar-refractivity contribution in [2.45, 2.75) is 104 Å². The number of aliphatic hydroxyl groups excluding tert-OH is 1. The zero-order valence-corrected chi connectivity index (χ0v) is 53.5. The maximum Gasteiger partial charge on any atom is 0.416 e. The molecule has 0 fully saturated rings. The molecule has 482 valence electrons. The van der Waals surface area contributed by atoms with Crippen LogP contribution >= 0.6 is 22.6 Å². The average molecular weight is 1350 g/mol. The van der Waals surface area contributed by atoms with Crippen LogP contribution in [-0.2, 0) is 49.5 Å². The first-order chi connectivity index (χ1) is 43.0. The summed E-state index contributed by atoms with van der Waals surface area (Å²) in [5, 5.41) is 23.0. The van der Waals surface area contributed by atoms with Gasteiger partial charge in [-0.15, -0.1) is 0 Å². The summed E-state index contributed by atoms with van der Waals surface area (Å²) in [6.07, 6.45) is 8.60. The quantitative estimate of drug-likeness (QED) is 0.0242. The predicted molar refractivity (Wildman–Crippen MR) is 338 cm³/mol. The molecule has 3 aromatic rings. The zero-order valence-electron chi connectivity index (χ0n) is 51.3. The van der Waals surface area contributed by atoms with Crippen molar-refractivity contribution in [1.82, 2.24) is 25.8 Å². The van der Waals surface area contributed by atoms with Crippen LogP contribution in [0.3, 0.4) is 0 Å². The Kier molecular flexibility index (Phi) is 26.6. The number of fused-ring (bicyclic) bond motifs is 4. The van der Waals surface area contributed by atoms with Crippen molar-refractivity contribution >= 4 is 87.4 Å². The van der Waals surface area contributed by atoms with E-state index < -0.39 is 54.1 Å². The lowest BCUT2D eigenvalue weighted by Gasteiger charge is -2.31. The Bertz CT molecular complexity index is 3100. The van der Waals surface area contributed by atoms with Gasteiger partial charge in [-0.25, -0.2) is 9.69 Å². The lowest BCUT2D eigenvalue weighted by atomic mass is 10.0.